The largest absolute Gasteiger partial charge is 0.370 e. The standard InChI is InChI=1S/C24H24N4O3S/c1-13-6-5-7-16(8-13)26-21(29)14(2)28-12-25-19-17-9-15-11-31-24(3,4)10-18(15)27-22(17)32-20(19)23(28)30/h5-9,12,14H,10-11H2,1-4H3,(H,26,29)/t14-/m1/s1. The van der Waals surface area contributed by atoms with Crippen molar-refractivity contribution in [1.82, 2.24) is 14.5 Å². The first-order valence-electron chi connectivity index (χ1n) is 10.6. The zero-order valence-corrected chi connectivity index (χ0v) is 19.2. The number of nitrogens with zero attached hydrogens (tertiary/aromatic N) is 3. The lowest BCUT2D eigenvalue weighted by Gasteiger charge is -2.30. The van der Waals surface area contributed by atoms with Crippen LogP contribution < -0.4 is 10.9 Å². The van der Waals surface area contributed by atoms with Gasteiger partial charge in [0.15, 0.2) is 0 Å². The first kappa shape index (κ1) is 20.8. The molecule has 0 aliphatic carbocycles. The van der Waals surface area contributed by atoms with Crippen molar-refractivity contribution in [3.05, 3.63) is 63.8 Å². The maximum absolute atomic E-state index is 13.3. The fourth-order valence-corrected chi connectivity index (χ4v) is 5.10. The molecule has 7 nitrogen and oxygen atoms in total. The monoisotopic (exact) mass is 448 g/mol. The zero-order valence-electron chi connectivity index (χ0n) is 18.4. The fourth-order valence-electron chi connectivity index (χ4n) is 4.03. The third-order valence-corrected chi connectivity index (χ3v) is 6.94. The molecule has 0 saturated carbocycles. The normalized spacial score (nSPS) is 16.1. The minimum atomic E-state index is -0.708. The molecule has 1 N–H and O–H groups in total. The van der Waals surface area contributed by atoms with Gasteiger partial charge in [0.1, 0.15) is 15.6 Å². The topological polar surface area (TPSA) is 86.1 Å². The summed E-state index contributed by atoms with van der Waals surface area (Å²) < 4.78 is 7.81. The molecule has 32 heavy (non-hydrogen) atoms. The molecule has 1 amide bonds. The maximum Gasteiger partial charge on any atom is 0.272 e. The van der Waals surface area contributed by atoms with E-state index in [1.165, 1.54) is 22.2 Å². The molecule has 4 heterocycles. The van der Waals surface area contributed by atoms with E-state index in [-0.39, 0.29) is 17.1 Å². The maximum atomic E-state index is 13.3. The number of amides is 1. The lowest BCUT2D eigenvalue weighted by atomic mass is 9.95. The predicted octanol–water partition coefficient (Wildman–Crippen LogP) is 4.37. The van der Waals surface area contributed by atoms with Gasteiger partial charge in [0.05, 0.1) is 29.7 Å². The highest BCUT2D eigenvalue weighted by molar-refractivity contribution is 7.25. The summed E-state index contributed by atoms with van der Waals surface area (Å²) in [5.74, 6) is -0.270. The molecule has 1 aliphatic rings. The van der Waals surface area contributed by atoms with E-state index in [1.54, 1.807) is 6.92 Å². The number of fused-ring (bicyclic) bond motifs is 4. The highest BCUT2D eigenvalue weighted by Crippen LogP contribution is 2.34. The zero-order chi connectivity index (χ0) is 22.6. The predicted molar refractivity (Wildman–Crippen MR) is 126 cm³/mol. The lowest BCUT2D eigenvalue weighted by Crippen LogP contribution is -2.32. The van der Waals surface area contributed by atoms with Crippen molar-refractivity contribution in [1.29, 1.82) is 0 Å². The Hall–Kier alpha value is -3.10. The molecule has 0 radical (unpaired) electrons. The summed E-state index contributed by atoms with van der Waals surface area (Å²) in [6, 6.07) is 8.88. The van der Waals surface area contributed by atoms with Crippen LogP contribution in [0.25, 0.3) is 20.4 Å². The number of anilines is 1. The molecular weight excluding hydrogens is 424 g/mol. The Kier molecular flexibility index (Phi) is 4.87. The molecule has 0 unspecified atom stereocenters. The molecule has 5 rings (SSSR count). The van der Waals surface area contributed by atoms with Gasteiger partial charge in [-0.25, -0.2) is 9.97 Å². The third kappa shape index (κ3) is 3.59. The SMILES string of the molecule is Cc1cccc(NC(=O)[C@@H](C)n2cnc3c(sc4nc5c(cc43)COC(C)(C)C5)c2=O)c1. The van der Waals surface area contributed by atoms with Crippen LogP contribution >= 0.6 is 11.3 Å². The quantitative estimate of drug-likeness (QED) is 0.503. The smallest absolute Gasteiger partial charge is 0.272 e. The van der Waals surface area contributed by atoms with E-state index < -0.39 is 6.04 Å². The Morgan fingerprint density at radius 3 is 2.91 bits per heavy atom. The van der Waals surface area contributed by atoms with E-state index >= 15 is 0 Å². The van der Waals surface area contributed by atoms with Crippen molar-refractivity contribution in [2.75, 3.05) is 5.32 Å². The molecule has 0 fully saturated rings. The molecule has 0 bridgehead atoms. The number of carbonyl (C=O) groups excluding carboxylic acids is 1. The van der Waals surface area contributed by atoms with Crippen LogP contribution in [0.2, 0.25) is 0 Å². The van der Waals surface area contributed by atoms with Crippen LogP contribution in [0.15, 0.2) is 41.5 Å². The Morgan fingerprint density at radius 1 is 1.31 bits per heavy atom. The number of rotatable bonds is 3. The molecule has 1 aliphatic heterocycles. The molecular formula is C24H24N4O3S. The number of aromatic nitrogens is 3. The summed E-state index contributed by atoms with van der Waals surface area (Å²) in [5, 5.41) is 3.73. The Morgan fingerprint density at radius 2 is 2.12 bits per heavy atom. The summed E-state index contributed by atoms with van der Waals surface area (Å²) in [5.41, 5.74) is 3.92. The fraction of sp³-hybridized carbons (Fsp3) is 0.333. The lowest BCUT2D eigenvalue weighted by molar-refractivity contribution is -0.118. The van der Waals surface area contributed by atoms with E-state index in [2.05, 4.69) is 24.1 Å². The van der Waals surface area contributed by atoms with E-state index in [9.17, 15) is 9.59 Å². The minimum absolute atomic E-state index is 0.237. The van der Waals surface area contributed by atoms with Gasteiger partial charge in [-0.3, -0.25) is 14.2 Å². The molecule has 4 aromatic rings. The van der Waals surface area contributed by atoms with Crippen molar-refractivity contribution in [2.45, 2.75) is 52.4 Å². The van der Waals surface area contributed by atoms with E-state index in [1.807, 2.05) is 37.3 Å². The van der Waals surface area contributed by atoms with Gasteiger partial charge >= 0.3 is 0 Å². The summed E-state index contributed by atoms with van der Waals surface area (Å²) in [6.45, 7) is 8.26. The second-order valence-electron chi connectivity index (χ2n) is 8.94. The highest BCUT2D eigenvalue weighted by Gasteiger charge is 2.28. The van der Waals surface area contributed by atoms with Crippen molar-refractivity contribution < 1.29 is 9.53 Å². The van der Waals surface area contributed by atoms with Gasteiger partial charge in [-0.2, -0.15) is 0 Å². The van der Waals surface area contributed by atoms with E-state index in [4.69, 9.17) is 9.72 Å². The van der Waals surface area contributed by atoms with E-state index in [0.717, 1.165) is 33.5 Å². The van der Waals surface area contributed by atoms with Gasteiger partial charge in [-0.15, -0.1) is 11.3 Å². The van der Waals surface area contributed by atoms with Gasteiger partial charge in [-0.05, 0) is 51.5 Å². The van der Waals surface area contributed by atoms with Crippen LogP contribution in [-0.2, 0) is 22.6 Å². The van der Waals surface area contributed by atoms with Crippen LogP contribution in [0.5, 0.6) is 0 Å². The third-order valence-electron chi connectivity index (χ3n) is 5.86. The molecule has 1 atom stereocenters. The van der Waals surface area contributed by atoms with Crippen molar-refractivity contribution in [2.24, 2.45) is 0 Å². The van der Waals surface area contributed by atoms with Gasteiger partial charge < -0.3 is 10.1 Å². The number of nitrogens with one attached hydrogen (secondary N) is 1. The van der Waals surface area contributed by atoms with Crippen molar-refractivity contribution >= 4 is 43.4 Å². The first-order valence-corrected chi connectivity index (χ1v) is 11.4. The number of benzene rings is 1. The molecule has 1 aromatic carbocycles. The first-order chi connectivity index (χ1) is 15.2. The summed E-state index contributed by atoms with van der Waals surface area (Å²) in [7, 11) is 0. The van der Waals surface area contributed by atoms with Gasteiger partial charge in [0, 0.05) is 23.1 Å². The number of aryl methyl sites for hydroxylation is 1. The van der Waals surface area contributed by atoms with Gasteiger partial charge in [-0.1, -0.05) is 12.1 Å². The summed E-state index contributed by atoms with van der Waals surface area (Å²) in [4.78, 5) is 36.2. The van der Waals surface area contributed by atoms with Crippen LogP contribution in [0.1, 0.15) is 43.6 Å². The van der Waals surface area contributed by atoms with Crippen molar-refractivity contribution in [3.8, 4) is 0 Å². The van der Waals surface area contributed by atoms with Crippen LogP contribution in [0, 0.1) is 6.92 Å². The molecule has 164 valence electrons. The Bertz CT molecular complexity index is 1440. The molecule has 3 aromatic heterocycles. The van der Waals surface area contributed by atoms with Crippen LogP contribution in [-0.4, -0.2) is 26.0 Å². The number of carbonyl (C=O) groups is 1. The second kappa shape index (κ2) is 7.50. The van der Waals surface area contributed by atoms with Crippen LogP contribution in [0.4, 0.5) is 5.69 Å². The van der Waals surface area contributed by atoms with Gasteiger partial charge in [0.25, 0.3) is 5.56 Å². The average Bonchev–Trinajstić information content (AvgIpc) is 3.09. The number of pyridine rings is 1. The average molecular weight is 449 g/mol. The number of hydrogen-bond donors (Lipinski definition) is 1. The molecule has 8 heteroatoms. The van der Waals surface area contributed by atoms with Gasteiger partial charge in [0.2, 0.25) is 5.91 Å². The minimum Gasteiger partial charge on any atom is -0.370 e. The second-order valence-corrected chi connectivity index (χ2v) is 9.94. The van der Waals surface area contributed by atoms with Crippen molar-refractivity contribution in [3.63, 3.8) is 0 Å². The Balaban J connectivity index is 1.52. The summed E-state index contributed by atoms with van der Waals surface area (Å²) >= 11 is 1.33. The Labute approximate surface area is 189 Å². The highest BCUT2D eigenvalue weighted by atomic mass is 32.1. The number of thiophene rings is 1. The van der Waals surface area contributed by atoms with E-state index in [0.29, 0.717) is 22.5 Å². The number of hydrogen-bond acceptors (Lipinski definition) is 6. The van der Waals surface area contributed by atoms with Crippen LogP contribution in [0.3, 0.4) is 0 Å². The molecule has 0 spiro atoms. The molecule has 0 saturated heterocycles. The summed E-state index contributed by atoms with van der Waals surface area (Å²) in [6.07, 6.45) is 2.18. The number of ether oxygens (including phenoxy) is 1.